The molecule has 216 valence electrons. The third-order valence-corrected chi connectivity index (χ3v) is 8.68. The molecule has 0 spiro atoms. The van der Waals surface area contributed by atoms with E-state index in [4.69, 9.17) is 4.42 Å². The van der Waals surface area contributed by atoms with Gasteiger partial charge in [-0.25, -0.2) is 13.1 Å². The fraction of sp³-hybridized carbons (Fsp3) is 0.118. The maximum absolute atomic E-state index is 13.6. The molecular formula is C34H29N3O5S. The molecule has 0 radical (unpaired) electrons. The molecule has 1 amide bonds. The molecule has 2 heterocycles. The summed E-state index contributed by atoms with van der Waals surface area (Å²) in [7, 11) is -4.25. The van der Waals surface area contributed by atoms with Crippen LogP contribution in [-0.4, -0.2) is 25.4 Å². The molecule has 0 bridgehead atoms. The van der Waals surface area contributed by atoms with E-state index < -0.39 is 15.9 Å². The number of hydrogen-bond donors (Lipinski definition) is 1. The van der Waals surface area contributed by atoms with Gasteiger partial charge in [0, 0.05) is 25.0 Å². The van der Waals surface area contributed by atoms with Crippen LogP contribution < -0.4 is 15.1 Å². The van der Waals surface area contributed by atoms with E-state index in [0.29, 0.717) is 40.3 Å². The molecule has 0 saturated heterocycles. The van der Waals surface area contributed by atoms with Crippen LogP contribution in [0.2, 0.25) is 0 Å². The van der Waals surface area contributed by atoms with Crippen molar-refractivity contribution in [1.82, 2.24) is 9.29 Å². The Bertz CT molecular complexity index is 2120. The predicted octanol–water partition coefficient (Wildman–Crippen LogP) is 6.25. The van der Waals surface area contributed by atoms with Gasteiger partial charge in [0.05, 0.1) is 23.2 Å². The first kappa shape index (κ1) is 28.0. The summed E-state index contributed by atoms with van der Waals surface area (Å²) >= 11 is 0. The van der Waals surface area contributed by atoms with Crippen molar-refractivity contribution in [3.8, 4) is 5.88 Å². The van der Waals surface area contributed by atoms with E-state index in [1.165, 1.54) is 12.1 Å². The lowest BCUT2D eigenvalue weighted by Crippen LogP contribution is -2.33. The fourth-order valence-electron chi connectivity index (χ4n) is 5.31. The lowest BCUT2D eigenvalue weighted by Gasteiger charge is -2.27. The Morgan fingerprint density at radius 1 is 0.860 bits per heavy atom. The number of nitrogens with one attached hydrogen (secondary N) is 1. The molecule has 6 aromatic rings. The number of benzene rings is 4. The van der Waals surface area contributed by atoms with Crippen LogP contribution >= 0.6 is 0 Å². The summed E-state index contributed by atoms with van der Waals surface area (Å²) in [6, 6.07) is 28.3. The number of rotatable bonds is 8. The van der Waals surface area contributed by atoms with Gasteiger partial charge in [0.25, 0.3) is 10.0 Å². The summed E-state index contributed by atoms with van der Waals surface area (Å²) in [4.78, 5) is 27.9. The number of sulfonamides is 1. The second-order valence-electron chi connectivity index (χ2n) is 10.3. The van der Waals surface area contributed by atoms with E-state index in [0.717, 1.165) is 16.3 Å². The van der Waals surface area contributed by atoms with Gasteiger partial charge in [-0.05, 0) is 60.0 Å². The number of amides is 1. The molecular weight excluding hydrogens is 562 g/mol. The lowest BCUT2D eigenvalue weighted by molar-refractivity contribution is -0.118. The Morgan fingerprint density at radius 2 is 1.51 bits per heavy atom. The first-order valence-electron chi connectivity index (χ1n) is 13.9. The standard InChI is InChI=1S/C34H29N3O5S/c1-3-37(28-15-9-10-16-31(28)43(40,41)35-32(39)19-24-11-5-4-6-12-24)29-18-23(2)17-27-30(38)20-33(42-34(27)29)36-21-25-13-7-8-14-26(25)22-36/h4-18,20-22H,3,19H2,1-2H3,(H,35,39). The van der Waals surface area contributed by atoms with E-state index in [2.05, 4.69) is 4.72 Å². The van der Waals surface area contributed by atoms with E-state index >= 15 is 0 Å². The van der Waals surface area contributed by atoms with Crippen LogP contribution in [0, 0.1) is 6.92 Å². The summed E-state index contributed by atoms with van der Waals surface area (Å²) in [5.41, 5.74) is 2.50. The van der Waals surface area contributed by atoms with Crippen LogP contribution in [0.1, 0.15) is 18.1 Å². The van der Waals surface area contributed by atoms with Gasteiger partial charge in [0.15, 0.2) is 11.0 Å². The summed E-state index contributed by atoms with van der Waals surface area (Å²) < 4.78 is 37.6. The van der Waals surface area contributed by atoms with Gasteiger partial charge in [0.1, 0.15) is 4.90 Å². The maximum atomic E-state index is 13.6. The highest BCUT2D eigenvalue weighted by atomic mass is 32.2. The zero-order valence-corrected chi connectivity index (χ0v) is 24.5. The summed E-state index contributed by atoms with van der Waals surface area (Å²) in [6.07, 6.45) is 3.71. The lowest BCUT2D eigenvalue weighted by atomic mass is 10.1. The molecule has 1 N–H and O–H groups in total. The van der Waals surface area contributed by atoms with Crippen molar-refractivity contribution in [2.24, 2.45) is 0 Å². The molecule has 8 nitrogen and oxygen atoms in total. The molecule has 0 aliphatic rings. The summed E-state index contributed by atoms with van der Waals surface area (Å²) in [6.45, 7) is 4.10. The predicted molar refractivity (Wildman–Crippen MR) is 169 cm³/mol. The highest BCUT2D eigenvalue weighted by Crippen LogP contribution is 2.37. The van der Waals surface area contributed by atoms with Crippen molar-refractivity contribution in [3.63, 3.8) is 0 Å². The van der Waals surface area contributed by atoms with Gasteiger partial charge in [-0.3, -0.25) is 14.2 Å². The third kappa shape index (κ3) is 5.54. The largest absolute Gasteiger partial charge is 0.437 e. The Hall–Kier alpha value is -5.15. The molecule has 43 heavy (non-hydrogen) atoms. The normalized spacial score (nSPS) is 11.6. The monoisotopic (exact) mass is 591 g/mol. The van der Waals surface area contributed by atoms with Crippen LogP contribution in [0.25, 0.3) is 27.6 Å². The summed E-state index contributed by atoms with van der Waals surface area (Å²) in [5.74, 6) is -0.302. The zero-order valence-electron chi connectivity index (χ0n) is 23.7. The van der Waals surface area contributed by atoms with E-state index in [-0.39, 0.29) is 16.7 Å². The molecule has 6 rings (SSSR count). The van der Waals surface area contributed by atoms with Crippen molar-refractivity contribution < 1.29 is 17.6 Å². The minimum atomic E-state index is -4.25. The van der Waals surface area contributed by atoms with Crippen LogP contribution in [0.5, 0.6) is 0 Å². The van der Waals surface area contributed by atoms with Crippen molar-refractivity contribution in [2.75, 3.05) is 11.4 Å². The average molecular weight is 592 g/mol. The van der Waals surface area contributed by atoms with Gasteiger partial charge in [-0.15, -0.1) is 0 Å². The van der Waals surface area contributed by atoms with Gasteiger partial charge < -0.3 is 9.32 Å². The topological polar surface area (TPSA) is 102 Å². The Balaban J connectivity index is 1.44. The zero-order chi connectivity index (χ0) is 30.1. The Kier molecular flexibility index (Phi) is 7.33. The van der Waals surface area contributed by atoms with E-state index in [1.807, 2.05) is 62.6 Å². The van der Waals surface area contributed by atoms with Crippen LogP contribution in [0.15, 0.2) is 124 Å². The van der Waals surface area contributed by atoms with Crippen molar-refractivity contribution in [1.29, 1.82) is 0 Å². The van der Waals surface area contributed by atoms with Gasteiger partial charge in [-0.2, -0.15) is 0 Å². The molecule has 2 aromatic heterocycles. The minimum Gasteiger partial charge on any atom is -0.437 e. The smallest absolute Gasteiger partial charge is 0.266 e. The Labute approximate surface area is 248 Å². The van der Waals surface area contributed by atoms with Gasteiger partial charge >= 0.3 is 0 Å². The van der Waals surface area contributed by atoms with E-state index in [1.54, 1.807) is 58.0 Å². The number of fused-ring (bicyclic) bond motifs is 2. The second kappa shape index (κ2) is 11.3. The highest BCUT2D eigenvalue weighted by molar-refractivity contribution is 7.90. The molecule has 0 unspecified atom stereocenters. The number of hydrogen-bond acceptors (Lipinski definition) is 6. The highest BCUT2D eigenvalue weighted by Gasteiger charge is 2.26. The average Bonchev–Trinajstić information content (AvgIpc) is 3.43. The van der Waals surface area contributed by atoms with Crippen LogP contribution in [-0.2, 0) is 21.2 Å². The van der Waals surface area contributed by atoms with E-state index in [9.17, 15) is 18.0 Å². The van der Waals surface area contributed by atoms with Crippen LogP contribution in [0.4, 0.5) is 11.4 Å². The van der Waals surface area contributed by atoms with Crippen molar-refractivity contribution in [3.05, 3.63) is 131 Å². The molecule has 0 saturated carbocycles. The fourth-order valence-corrected chi connectivity index (χ4v) is 6.50. The van der Waals surface area contributed by atoms with Crippen molar-refractivity contribution in [2.45, 2.75) is 25.2 Å². The Morgan fingerprint density at radius 3 is 2.21 bits per heavy atom. The number of anilines is 2. The molecule has 0 fully saturated rings. The minimum absolute atomic E-state index is 0.0666. The third-order valence-electron chi connectivity index (χ3n) is 7.26. The maximum Gasteiger partial charge on any atom is 0.266 e. The number of nitrogens with zero attached hydrogens (tertiary/aromatic N) is 2. The molecule has 0 aliphatic carbocycles. The molecule has 0 aliphatic heterocycles. The number of aryl methyl sites for hydroxylation is 1. The summed E-state index contributed by atoms with van der Waals surface area (Å²) in [5, 5.41) is 2.38. The SMILES string of the molecule is CCN(c1ccccc1S(=O)(=O)NC(=O)Cc1ccccc1)c1cc(C)cc2c(=O)cc(-n3cc4ccccc4c3)oc12. The number of carbonyl (C=O) groups excluding carboxylic acids is 1. The van der Waals surface area contributed by atoms with Crippen molar-refractivity contribution >= 4 is 49.0 Å². The number of para-hydroxylation sites is 1. The van der Waals surface area contributed by atoms with Gasteiger partial charge in [0.2, 0.25) is 11.8 Å². The second-order valence-corrected chi connectivity index (χ2v) is 12.0. The first-order chi connectivity index (χ1) is 20.7. The van der Waals surface area contributed by atoms with Gasteiger partial charge in [-0.1, -0.05) is 66.7 Å². The number of carbonyl (C=O) groups is 1. The number of aromatic nitrogens is 1. The molecule has 4 aromatic carbocycles. The van der Waals surface area contributed by atoms with Crippen LogP contribution in [0.3, 0.4) is 0 Å². The molecule has 9 heteroatoms. The first-order valence-corrected chi connectivity index (χ1v) is 15.3. The molecule has 0 atom stereocenters. The quantitative estimate of drug-likeness (QED) is 0.225.